The van der Waals surface area contributed by atoms with Crippen molar-refractivity contribution in [2.24, 2.45) is 0 Å². The summed E-state index contributed by atoms with van der Waals surface area (Å²) in [6.07, 6.45) is 0. The third kappa shape index (κ3) is 3.39. The van der Waals surface area contributed by atoms with Gasteiger partial charge in [-0.3, -0.25) is 0 Å². The third-order valence-corrected chi connectivity index (χ3v) is 5.51. The molecule has 128 valence electrons. The molecule has 1 aromatic heterocycles. The van der Waals surface area contributed by atoms with E-state index in [9.17, 15) is 4.39 Å². The molecule has 0 saturated heterocycles. The van der Waals surface area contributed by atoms with Crippen molar-refractivity contribution in [1.82, 2.24) is 4.98 Å². The van der Waals surface area contributed by atoms with Crippen molar-refractivity contribution in [3.8, 4) is 28.3 Å². The minimum atomic E-state index is -0.460. The van der Waals surface area contributed by atoms with Crippen LogP contribution in [0.4, 0.5) is 4.39 Å². The first kappa shape index (κ1) is 18.2. The van der Waals surface area contributed by atoms with E-state index in [1.165, 1.54) is 13.2 Å². The highest BCUT2D eigenvalue weighted by Gasteiger charge is 2.18. The minimum Gasteiger partial charge on any atom is -0.481 e. The van der Waals surface area contributed by atoms with Crippen LogP contribution >= 0.6 is 39.1 Å². The van der Waals surface area contributed by atoms with Crippen LogP contribution in [0.25, 0.3) is 22.4 Å². The van der Waals surface area contributed by atoms with Crippen LogP contribution in [0, 0.1) is 12.7 Å². The molecular weight excluding hydrogens is 428 g/mol. The average Bonchev–Trinajstić information content (AvgIpc) is 2.59. The number of rotatable bonds is 3. The Kier molecular flexibility index (Phi) is 5.32. The number of ether oxygens (including phenoxy) is 1. The zero-order valence-corrected chi connectivity index (χ0v) is 16.5. The topological polar surface area (TPSA) is 22.1 Å². The summed E-state index contributed by atoms with van der Waals surface area (Å²) in [5, 5.41) is 0.913. The summed E-state index contributed by atoms with van der Waals surface area (Å²) in [6, 6.07) is 12.3. The summed E-state index contributed by atoms with van der Waals surface area (Å²) >= 11 is 16.4. The highest BCUT2D eigenvalue weighted by Crippen LogP contribution is 2.41. The Balaban J connectivity index is 2.23. The number of hydrogen-bond donors (Lipinski definition) is 0. The zero-order valence-electron chi connectivity index (χ0n) is 13.4. The Morgan fingerprint density at radius 1 is 1.00 bits per heavy atom. The Bertz CT molecular complexity index is 962. The summed E-state index contributed by atoms with van der Waals surface area (Å²) in [7, 11) is 1.50. The van der Waals surface area contributed by atoms with Gasteiger partial charge in [-0.25, -0.2) is 9.37 Å². The smallest absolute Gasteiger partial charge is 0.216 e. The predicted molar refractivity (Wildman–Crippen MR) is 104 cm³/mol. The molecule has 0 aliphatic heterocycles. The van der Waals surface area contributed by atoms with E-state index in [0.29, 0.717) is 32.6 Å². The van der Waals surface area contributed by atoms with E-state index in [2.05, 4.69) is 20.9 Å². The molecule has 0 radical (unpaired) electrons. The van der Waals surface area contributed by atoms with Gasteiger partial charge in [0.05, 0.1) is 17.2 Å². The van der Waals surface area contributed by atoms with Crippen molar-refractivity contribution >= 4 is 39.1 Å². The molecule has 2 nitrogen and oxygen atoms in total. The molecule has 0 spiro atoms. The summed E-state index contributed by atoms with van der Waals surface area (Å²) in [6.45, 7) is 1.73. The monoisotopic (exact) mass is 439 g/mol. The van der Waals surface area contributed by atoms with Gasteiger partial charge in [0.25, 0.3) is 0 Å². The van der Waals surface area contributed by atoms with Crippen LogP contribution in [0.3, 0.4) is 0 Å². The average molecular weight is 441 g/mol. The maximum Gasteiger partial charge on any atom is 0.216 e. The van der Waals surface area contributed by atoms with Crippen LogP contribution in [0.2, 0.25) is 10.0 Å². The highest BCUT2D eigenvalue weighted by molar-refractivity contribution is 9.10. The molecule has 0 unspecified atom stereocenters. The maximum absolute atomic E-state index is 14.5. The quantitative estimate of drug-likeness (QED) is 0.440. The molecule has 0 N–H and O–H groups in total. The molecule has 2 aromatic carbocycles. The molecule has 0 aliphatic carbocycles. The summed E-state index contributed by atoms with van der Waals surface area (Å²) < 4.78 is 20.5. The summed E-state index contributed by atoms with van der Waals surface area (Å²) in [5.41, 5.74) is 2.69. The van der Waals surface area contributed by atoms with Crippen LogP contribution < -0.4 is 4.74 Å². The van der Waals surface area contributed by atoms with Crippen molar-refractivity contribution in [3.63, 3.8) is 0 Å². The fourth-order valence-corrected chi connectivity index (χ4v) is 3.50. The van der Waals surface area contributed by atoms with Gasteiger partial charge >= 0.3 is 0 Å². The number of halogens is 4. The van der Waals surface area contributed by atoms with Gasteiger partial charge in [0.15, 0.2) is 0 Å². The highest BCUT2D eigenvalue weighted by atomic mass is 79.9. The molecule has 0 bridgehead atoms. The number of methoxy groups -OCH3 is 1. The van der Waals surface area contributed by atoms with E-state index < -0.39 is 5.82 Å². The predicted octanol–water partition coefficient (Wildman–Crippen LogP) is 6.94. The van der Waals surface area contributed by atoms with Gasteiger partial charge < -0.3 is 4.74 Å². The normalized spacial score (nSPS) is 10.8. The maximum atomic E-state index is 14.5. The van der Waals surface area contributed by atoms with Crippen LogP contribution in [0.5, 0.6) is 5.88 Å². The molecule has 0 aliphatic rings. The molecule has 6 heteroatoms. The second-order valence-corrected chi connectivity index (χ2v) is 7.02. The van der Waals surface area contributed by atoms with Crippen LogP contribution in [0.15, 0.2) is 46.9 Å². The Hall–Kier alpha value is -1.62. The second-order valence-electron chi connectivity index (χ2n) is 5.41. The first-order valence-electron chi connectivity index (χ1n) is 7.38. The molecule has 25 heavy (non-hydrogen) atoms. The molecule has 0 saturated carbocycles. The van der Waals surface area contributed by atoms with Crippen molar-refractivity contribution in [2.75, 3.05) is 7.11 Å². The lowest BCUT2D eigenvalue weighted by atomic mass is 10.0. The van der Waals surface area contributed by atoms with Crippen molar-refractivity contribution in [3.05, 3.63) is 68.4 Å². The number of hydrogen-bond acceptors (Lipinski definition) is 2. The van der Waals surface area contributed by atoms with E-state index >= 15 is 0 Å². The second kappa shape index (κ2) is 7.32. The minimum absolute atomic E-state index is 0.139. The third-order valence-electron chi connectivity index (χ3n) is 3.81. The van der Waals surface area contributed by atoms with Crippen LogP contribution in [-0.2, 0) is 0 Å². The molecule has 0 fully saturated rings. The lowest BCUT2D eigenvalue weighted by Crippen LogP contribution is -1.98. The van der Waals surface area contributed by atoms with Gasteiger partial charge in [0.1, 0.15) is 11.5 Å². The first-order valence-corrected chi connectivity index (χ1v) is 8.93. The van der Waals surface area contributed by atoms with Gasteiger partial charge in [-0.2, -0.15) is 0 Å². The lowest BCUT2D eigenvalue weighted by molar-refractivity contribution is 0.393. The van der Waals surface area contributed by atoms with E-state index in [1.54, 1.807) is 19.1 Å². The molecule has 3 aromatic rings. The Morgan fingerprint density at radius 3 is 2.28 bits per heavy atom. The summed E-state index contributed by atoms with van der Waals surface area (Å²) in [5.74, 6) is -0.101. The van der Waals surface area contributed by atoms with Crippen LogP contribution in [0.1, 0.15) is 5.56 Å². The SMILES string of the molecule is COc1nc(-c2cccc(-c3cccc(Br)c3Cl)c2Cl)c(F)cc1C. The van der Waals surface area contributed by atoms with E-state index in [0.717, 1.165) is 10.0 Å². The van der Waals surface area contributed by atoms with Gasteiger partial charge in [-0.1, -0.05) is 53.5 Å². The molecular formula is C19H13BrCl2FNO. The molecule has 3 rings (SSSR count). The van der Waals surface area contributed by atoms with Gasteiger partial charge in [-0.05, 0) is 35.0 Å². The number of nitrogens with zero attached hydrogens (tertiary/aromatic N) is 1. The number of aromatic nitrogens is 1. The van der Waals surface area contributed by atoms with Gasteiger partial charge in [0.2, 0.25) is 5.88 Å². The number of pyridine rings is 1. The number of benzene rings is 2. The van der Waals surface area contributed by atoms with E-state index in [4.69, 9.17) is 27.9 Å². The molecule has 1 heterocycles. The summed E-state index contributed by atoms with van der Waals surface area (Å²) in [4.78, 5) is 4.27. The zero-order chi connectivity index (χ0) is 18.1. The van der Waals surface area contributed by atoms with Crippen molar-refractivity contribution < 1.29 is 9.13 Å². The van der Waals surface area contributed by atoms with Crippen molar-refractivity contribution in [1.29, 1.82) is 0 Å². The van der Waals surface area contributed by atoms with E-state index in [1.807, 2.05) is 24.3 Å². The number of aryl methyl sites for hydroxylation is 1. The van der Waals surface area contributed by atoms with Gasteiger partial charge in [0, 0.05) is 26.7 Å². The van der Waals surface area contributed by atoms with Crippen molar-refractivity contribution in [2.45, 2.75) is 6.92 Å². The fraction of sp³-hybridized carbons (Fsp3) is 0.105. The lowest BCUT2D eigenvalue weighted by Gasteiger charge is -2.13. The fourth-order valence-electron chi connectivity index (χ4n) is 2.59. The first-order chi connectivity index (χ1) is 11.9. The standard InChI is InChI=1S/C19H13BrCl2FNO/c1-10-9-15(23)18(24-19(10)25-2)13-7-3-5-11(16(13)21)12-6-4-8-14(20)17(12)22/h3-9H,1-2H3. The Labute approximate surface area is 163 Å². The molecule has 0 amide bonds. The molecule has 0 atom stereocenters. The largest absolute Gasteiger partial charge is 0.481 e. The van der Waals surface area contributed by atoms with Gasteiger partial charge in [-0.15, -0.1) is 0 Å². The Morgan fingerprint density at radius 2 is 1.60 bits per heavy atom. The van der Waals surface area contributed by atoms with Crippen LogP contribution in [-0.4, -0.2) is 12.1 Å². The van der Waals surface area contributed by atoms with E-state index in [-0.39, 0.29) is 5.69 Å².